The third-order valence-electron chi connectivity index (χ3n) is 11.6. The van der Waals surface area contributed by atoms with E-state index in [9.17, 15) is 0 Å². The minimum atomic E-state index is 0.687. The van der Waals surface area contributed by atoms with Crippen molar-refractivity contribution in [3.63, 3.8) is 0 Å². The largest absolute Gasteiger partial charge is 0.456 e. The molecule has 9 aromatic carbocycles. The van der Waals surface area contributed by atoms with E-state index >= 15 is 0 Å². The van der Waals surface area contributed by atoms with Gasteiger partial charge in [-0.2, -0.15) is 0 Å². The number of nitrogens with zero attached hydrogens (tertiary/aromatic N) is 3. The van der Waals surface area contributed by atoms with Crippen LogP contribution < -0.4 is 0 Å². The van der Waals surface area contributed by atoms with Crippen molar-refractivity contribution in [3.8, 4) is 50.7 Å². The number of hydrogen-bond acceptors (Lipinski definition) is 3. The lowest BCUT2D eigenvalue weighted by Crippen LogP contribution is -1.96. The summed E-state index contributed by atoms with van der Waals surface area (Å²) in [6.45, 7) is 0. The molecular weight excluding hydrogens is 707 g/mol. The van der Waals surface area contributed by atoms with Crippen molar-refractivity contribution < 1.29 is 4.42 Å². The van der Waals surface area contributed by atoms with Gasteiger partial charge >= 0.3 is 0 Å². The van der Waals surface area contributed by atoms with Crippen molar-refractivity contribution in [2.45, 2.75) is 0 Å². The Morgan fingerprint density at radius 3 is 1.84 bits per heavy atom. The molecule has 0 fully saturated rings. The van der Waals surface area contributed by atoms with Gasteiger partial charge in [0, 0.05) is 43.9 Å². The average molecular weight is 740 g/mol. The fourth-order valence-electron chi connectivity index (χ4n) is 9.00. The van der Waals surface area contributed by atoms with Gasteiger partial charge in [-0.3, -0.25) is 0 Å². The molecule has 4 heteroatoms. The highest BCUT2D eigenvalue weighted by Crippen LogP contribution is 2.44. The molecule has 0 unspecified atom stereocenters. The van der Waals surface area contributed by atoms with Crippen LogP contribution in [0.3, 0.4) is 0 Å². The zero-order valence-corrected chi connectivity index (χ0v) is 31.3. The Morgan fingerprint density at radius 2 is 1.03 bits per heavy atom. The average Bonchev–Trinajstić information content (AvgIpc) is 3.86. The predicted molar refractivity (Wildman–Crippen MR) is 240 cm³/mol. The van der Waals surface area contributed by atoms with E-state index < -0.39 is 0 Å². The molecule has 0 aliphatic carbocycles. The van der Waals surface area contributed by atoms with Crippen LogP contribution in [0.5, 0.6) is 0 Å². The minimum Gasteiger partial charge on any atom is -0.456 e. The van der Waals surface area contributed by atoms with Gasteiger partial charge in [0.25, 0.3) is 0 Å². The van der Waals surface area contributed by atoms with Crippen molar-refractivity contribution in [3.05, 3.63) is 200 Å². The summed E-state index contributed by atoms with van der Waals surface area (Å²) in [5, 5.41) is 9.50. The first kappa shape index (κ1) is 32.4. The van der Waals surface area contributed by atoms with Gasteiger partial charge in [0.15, 0.2) is 5.82 Å². The quantitative estimate of drug-likeness (QED) is 0.177. The zero-order chi connectivity index (χ0) is 38.2. The van der Waals surface area contributed by atoms with Gasteiger partial charge in [-0.15, -0.1) is 0 Å². The highest BCUT2D eigenvalue weighted by Gasteiger charge is 2.21. The van der Waals surface area contributed by atoms with E-state index in [1.807, 2.05) is 36.4 Å². The van der Waals surface area contributed by atoms with Gasteiger partial charge in [0.2, 0.25) is 0 Å². The summed E-state index contributed by atoms with van der Waals surface area (Å²) in [6.07, 6.45) is 0. The van der Waals surface area contributed by atoms with Gasteiger partial charge in [-0.1, -0.05) is 158 Å². The SMILES string of the molecule is c1ccc(-c2cc(-c3cccc4oc5cc(-c6ccc(-n7c8ccccc8c8c9ccccc9ccc87)cc6)c6ccccc6c5c34)nc(-c3ccccc3)n2)cc1. The maximum atomic E-state index is 6.78. The third kappa shape index (κ3) is 5.02. The molecule has 0 bridgehead atoms. The molecule has 0 N–H and O–H groups in total. The van der Waals surface area contributed by atoms with E-state index in [1.54, 1.807) is 0 Å². The summed E-state index contributed by atoms with van der Waals surface area (Å²) in [5.74, 6) is 0.687. The molecular formula is C54H33N3O. The first-order chi connectivity index (χ1) is 28.8. The van der Waals surface area contributed by atoms with Gasteiger partial charge in [0.05, 0.1) is 22.4 Å². The fourth-order valence-corrected chi connectivity index (χ4v) is 9.00. The molecule has 12 rings (SSSR count). The normalized spacial score (nSPS) is 11.8. The second-order valence-electron chi connectivity index (χ2n) is 14.9. The summed E-state index contributed by atoms with van der Waals surface area (Å²) < 4.78 is 9.17. The highest BCUT2D eigenvalue weighted by molar-refractivity contribution is 6.25. The van der Waals surface area contributed by atoms with Crippen LogP contribution in [0.2, 0.25) is 0 Å². The van der Waals surface area contributed by atoms with Crippen LogP contribution >= 0.6 is 0 Å². The van der Waals surface area contributed by atoms with Gasteiger partial charge in [0.1, 0.15) is 11.2 Å². The Hall–Kier alpha value is -7.82. The molecule has 3 heterocycles. The molecule has 0 aliphatic rings. The van der Waals surface area contributed by atoms with Crippen LogP contribution in [-0.2, 0) is 0 Å². The van der Waals surface area contributed by atoms with E-state index in [0.29, 0.717) is 5.82 Å². The van der Waals surface area contributed by atoms with Crippen LogP contribution in [0.25, 0.3) is 116 Å². The molecule has 0 radical (unpaired) electrons. The number of fused-ring (bicyclic) bond motifs is 10. The molecule has 0 saturated heterocycles. The summed E-state index contributed by atoms with van der Waals surface area (Å²) in [7, 11) is 0. The Bertz CT molecular complexity index is 3490. The minimum absolute atomic E-state index is 0.687. The lowest BCUT2D eigenvalue weighted by atomic mass is 9.93. The molecule has 3 aromatic heterocycles. The molecule has 0 saturated carbocycles. The fraction of sp³-hybridized carbons (Fsp3) is 0. The van der Waals surface area contributed by atoms with Gasteiger partial charge < -0.3 is 8.98 Å². The van der Waals surface area contributed by atoms with Crippen molar-refractivity contribution in [1.82, 2.24) is 14.5 Å². The molecule has 12 aromatic rings. The first-order valence-corrected chi connectivity index (χ1v) is 19.7. The third-order valence-corrected chi connectivity index (χ3v) is 11.6. The summed E-state index contributed by atoms with van der Waals surface area (Å²) >= 11 is 0. The van der Waals surface area contributed by atoms with Crippen molar-refractivity contribution in [2.24, 2.45) is 0 Å². The lowest BCUT2D eigenvalue weighted by Gasteiger charge is -2.12. The summed E-state index contributed by atoms with van der Waals surface area (Å²) in [5.41, 5.74) is 12.2. The van der Waals surface area contributed by atoms with E-state index in [-0.39, 0.29) is 0 Å². The van der Waals surface area contributed by atoms with Crippen molar-refractivity contribution in [1.29, 1.82) is 0 Å². The number of aromatic nitrogens is 3. The molecule has 0 aliphatic heterocycles. The molecule has 4 nitrogen and oxygen atoms in total. The number of furan rings is 1. The molecule has 58 heavy (non-hydrogen) atoms. The number of benzene rings is 9. The summed E-state index contributed by atoms with van der Waals surface area (Å²) in [6, 6.07) is 70.7. The molecule has 0 atom stereocenters. The van der Waals surface area contributed by atoms with E-state index in [4.69, 9.17) is 14.4 Å². The van der Waals surface area contributed by atoms with Crippen molar-refractivity contribution >= 4 is 65.3 Å². The van der Waals surface area contributed by atoms with Crippen LogP contribution in [0.15, 0.2) is 205 Å². The van der Waals surface area contributed by atoms with Crippen LogP contribution in [0.1, 0.15) is 0 Å². The van der Waals surface area contributed by atoms with E-state index in [2.05, 4.69) is 168 Å². The van der Waals surface area contributed by atoms with E-state index in [0.717, 1.165) is 72.2 Å². The molecule has 270 valence electrons. The number of para-hydroxylation sites is 1. The van der Waals surface area contributed by atoms with Crippen LogP contribution in [-0.4, -0.2) is 14.5 Å². The molecule has 0 spiro atoms. The van der Waals surface area contributed by atoms with Gasteiger partial charge in [-0.05, 0) is 75.1 Å². The Morgan fingerprint density at radius 1 is 0.362 bits per heavy atom. The van der Waals surface area contributed by atoms with Crippen LogP contribution in [0.4, 0.5) is 0 Å². The number of hydrogen-bond donors (Lipinski definition) is 0. The Kier molecular flexibility index (Phi) is 7.20. The first-order valence-electron chi connectivity index (χ1n) is 19.7. The predicted octanol–water partition coefficient (Wildman–Crippen LogP) is 14.4. The Balaban J connectivity index is 1.03. The monoisotopic (exact) mass is 739 g/mol. The standard InChI is InChI=1S/C54H33N3O/c1-3-15-36(16-4-1)45-33-46(56-54(55-45)37-17-5-2-6-18-37)42-23-13-25-49-53(42)52-41-21-10-9-20-40(41)44(32-50(52)58-49)35-26-29-38(30-27-35)57-47-24-12-11-22-43(47)51-39-19-8-7-14-34(39)28-31-48(51)57/h1-33H. The van der Waals surface area contributed by atoms with Crippen LogP contribution in [0, 0.1) is 0 Å². The lowest BCUT2D eigenvalue weighted by molar-refractivity contribution is 0.669. The van der Waals surface area contributed by atoms with Gasteiger partial charge in [-0.25, -0.2) is 9.97 Å². The molecule has 0 amide bonds. The second kappa shape index (κ2) is 12.9. The van der Waals surface area contributed by atoms with E-state index in [1.165, 1.54) is 38.0 Å². The summed E-state index contributed by atoms with van der Waals surface area (Å²) in [4.78, 5) is 10.3. The number of rotatable bonds is 5. The Labute approximate surface area is 333 Å². The maximum absolute atomic E-state index is 6.78. The maximum Gasteiger partial charge on any atom is 0.160 e. The smallest absolute Gasteiger partial charge is 0.160 e. The zero-order valence-electron chi connectivity index (χ0n) is 31.3. The topological polar surface area (TPSA) is 43.9 Å². The second-order valence-corrected chi connectivity index (χ2v) is 14.9. The van der Waals surface area contributed by atoms with Crippen molar-refractivity contribution in [2.75, 3.05) is 0 Å². The highest BCUT2D eigenvalue weighted by atomic mass is 16.3.